The molecule has 0 atom stereocenters. The lowest BCUT2D eigenvalue weighted by molar-refractivity contribution is 0.0534. The average molecular weight is 265 g/mol. The van der Waals surface area contributed by atoms with Crippen LogP contribution in [0.1, 0.15) is 26.3 Å². The molecule has 0 aliphatic heterocycles. The number of carbonyl (C=O) groups is 1. The molecule has 0 radical (unpaired) electrons. The number of anilines is 1. The zero-order valence-electron chi connectivity index (χ0n) is 11.3. The van der Waals surface area contributed by atoms with E-state index in [1.807, 2.05) is 0 Å². The van der Waals surface area contributed by atoms with E-state index in [-0.39, 0.29) is 11.6 Å². The van der Waals surface area contributed by atoms with E-state index in [9.17, 15) is 9.90 Å². The zero-order valence-corrected chi connectivity index (χ0v) is 11.3. The Balaban J connectivity index is 2.42. The molecule has 0 saturated carbocycles. The van der Waals surface area contributed by atoms with Gasteiger partial charge in [-0.1, -0.05) is 12.2 Å². The van der Waals surface area contributed by atoms with Crippen LogP contribution in [0.2, 0.25) is 0 Å². The van der Waals surface area contributed by atoms with E-state index in [4.69, 9.17) is 10.5 Å². The van der Waals surface area contributed by atoms with Crippen molar-refractivity contribution in [1.82, 2.24) is 10.3 Å². The van der Waals surface area contributed by atoms with Gasteiger partial charge in [-0.3, -0.25) is 0 Å². The van der Waals surface area contributed by atoms with Gasteiger partial charge in [-0.05, 0) is 32.4 Å². The summed E-state index contributed by atoms with van der Waals surface area (Å²) < 4.78 is 5.07. The first-order valence-electron chi connectivity index (χ1n) is 5.86. The number of nitrogen functional groups attached to an aromatic ring is 1. The normalized spacial score (nSPS) is 11.5. The van der Waals surface area contributed by atoms with Gasteiger partial charge < -0.3 is 20.9 Å². The topological polar surface area (TPSA) is 97.5 Å². The van der Waals surface area contributed by atoms with Crippen molar-refractivity contribution in [2.75, 3.05) is 12.3 Å². The zero-order chi connectivity index (χ0) is 14.5. The Bertz CT molecular complexity index is 479. The average Bonchev–Trinajstić information content (AvgIpc) is 2.27. The molecule has 0 spiro atoms. The first-order chi connectivity index (χ1) is 8.78. The number of nitrogens with zero attached hydrogens (tertiary/aromatic N) is 1. The molecule has 0 aromatic carbocycles. The van der Waals surface area contributed by atoms with Crippen LogP contribution in [0.3, 0.4) is 0 Å². The molecule has 6 nitrogen and oxygen atoms in total. The quantitative estimate of drug-likeness (QED) is 0.775. The molecule has 1 heterocycles. The van der Waals surface area contributed by atoms with E-state index in [1.165, 1.54) is 12.3 Å². The number of pyridine rings is 1. The second-order valence-electron chi connectivity index (χ2n) is 4.96. The summed E-state index contributed by atoms with van der Waals surface area (Å²) in [5.41, 5.74) is 5.56. The molecular weight excluding hydrogens is 246 g/mol. The van der Waals surface area contributed by atoms with E-state index >= 15 is 0 Å². The lowest BCUT2D eigenvalue weighted by Gasteiger charge is -2.19. The molecule has 0 bridgehead atoms. The minimum Gasteiger partial charge on any atom is -0.504 e. The van der Waals surface area contributed by atoms with Crippen molar-refractivity contribution < 1.29 is 14.6 Å². The molecule has 1 aromatic rings. The number of nitrogens with two attached hydrogens (primary N) is 1. The maximum absolute atomic E-state index is 11.3. The first kappa shape index (κ1) is 14.8. The van der Waals surface area contributed by atoms with Crippen LogP contribution in [0.4, 0.5) is 10.6 Å². The predicted molar refractivity (Wildman–Crippen MR) is 73.6 cm³/mol. The summed E-state index contributed by atoms with van der Waals surface area (Å²) in [5.74, 6) is 0.0197. The fraction of sp³-hybridized carbons (Fsp3) is 0.385. The third kappa shape index (κ3) is 5.76. The van der Waals surface area contributed by atoms with E-state index in [0.717, 1.165) is 0 Å². The molecule has 0 fully saturated rings. The van der Waals surface area contributed by atoms with Gasteiger partial charge in [0.25, 0.3) is 0 Å². The minimum absolute atomic E-state index is 0.0674. The Morgan fingerprint density at radius 1 is 1.58 bits per heavy atom. The summed E-state index contributed by atoms with van der Waals surface area (Å²) >= 11 is 0. The highest BCUT2D eigenvalue weighted by Gasteiger charge is 2.14. The summed E-state index contributed by atoms with van der Waals surface area (Å²) in [6, 6.07) is 1.49. The number of nitrogens with one attached hydrogen (secondary N) is 1. The molecule has 0 saturated heterocycles. The van der Waals surface area contributed by atoms with Crippen molar-refractivity contribution in [3.8, 4) is 5.75 Å². The molecule has 19 heavy (non-hydrogen) atoms. The van der Waals surface area contributed by atoms with E-state index in [0.29, 0.717) is 12.1 Å². The number of amides is 1. The largest absolute Gasteiger partial charge is 0.504 e. The van der Waals surface area contributed by atoms with Crippen LogP contribution < -0.4 is 11.1 Å². The van der Waals surface area contributed by atoms with Gasteiger partial charge in [0.05, 0.1) is 0 Å². The van der Waals surface area contributed by atoms with Crippen LogP contribution >= 0.6 is 0 Å². The number of hydrogen-bond donors (Lipinski definition) is 3. The van der Waals surface area contributed by atoms with Crippen molar-refractivity contribution in [3.63, 3.8) is 0 Å². The van der Waals surface area contributed by atoms with Gasteiger partial charge in [0.2, 0.25) is 0 Å². The summed E-state index contributed by atoms with van der Waals surface area (Å²) in [6.45, 7) is 5.71. The van der Waals surface area contributed by atoms with E-state index in [1.54, 1.807) is 32.9 Å². The van der Waals surface area contributed by atoms with Gasteiger partial charge in [0.15, 0.2) is 11.6 Å². The highest BCUT2D eigenvalue weighted by molar-refractivity contribution is 5.68. The first-order valence-corrected chi connectivity index (χ1v) is 5.86. The summed E-state index contributed by atoms with van der Waals surface area (Å²) in [4.78, 5) is 15.1. The molecule has 0 aliphatic carbocycles. The Labute approximate surface area is 112 Å². The van der Waals surface area contributed by atoms with Crippen LogP contribution in [0.25, 0.3) is 6.08 Å². The second kappa shape index (κ2) is 6.08. The van der Waals surface area contributed by atoms with Gasteiger partial charge >= 0.3 is 6.09 Å². The number of carbonyl (C=O) groups excluding carboxylic acids is 1. The predicted octanol–water partition coefficient (Wildman–Crippen LogP) is 1.91. The number of aromatic hydroxyl groups is 1. The van der Waals surface area contributed by atoms with Crippen LogP contribution in [-0.2, 0) is 4.74 Å². The number of aromatic nitrogens is 1. The fourth-order valence-corrected chi connectivity index (χ4v) is 1.22. The molecule has 0 aliphatic rings. The summed E-state index contributed by atoms with van der Waals surface area (Å²) in [7, 11) is 0. The number of ether oxygens (including phenoxy) is 1. The lowest BCUT2D eigenvalue weighted by Crippen LogP contribution is -2.32. The maximum atomic E-state index is 11.3. The highest BCUT2D eigenvalue weighted by atomic mass is 16.6. The molecule has 104 valence electrons. The summed E-state index contributed by atoms with van der Waals surface area (Å²) in [5, 5.41) is 11.9. The van der Waals surface area contributed by atoms with E-state index < -0.39 is 11.7 Å². The number of alkyl carbamates (subject to hydrolysis) is 1. The fourth-order valence-electron chi connectivity index (χ4n) is 1.22. The standard InChI is InChI=1S/C13H19N3O3/c1-13(2,3)19-12(18)15-6-4-5-9-7-10(17)11(14)16-8-9/h4-5,7-8,17H,6H2,1-3H3,(H2,14,16)(H,15,18). The molecule has 1 rings (SSSR count). The summed E-state index contributed by atoms with van der Waals surface area (Å²) in [6.07, 6.45) is 4.48. The smallest absolute Gasteiger partial charge is 0.407 e. The highest BCUT2D eigenvalue weighted by Crippen LogP contribution is 2.18. The molecule has 1 amide bonds. The van der Waals surface area contributed by atoms with Gasteiger partial charge in [0.1, 0.15) is 5.60 Å². The van der Waals surface area contributed by atoms with Crippen molar-refractivity contribution >= 4 is 18.0 Å². The lowest BCUT2D eigenvalue weighted by atomic mass is 10.2. The molecule has 6 heteroatoms. The third-order valence-corrected chi connectivity index (χ3v) is 1.99. The second-order valence-corrected chi connectivity index (χ2v) is 4.96. The van der Waals surface area contributed by atoms with Crippen molar-refractivity contribution in [1.29, 1.82) is 0 Å². The SMILES string of the molecule is CC(C)(C)OC(=O)NCC=Cc1cnc(N)c(O)c1. The van der Waals surface area contributed by atoms with Gasteiger partial charge in [-0.15, -0.1) is 0 Å². The van der Waals surface area contributed by atoms with Gasteiger partial charge in [-0.2, -0.15) is 0 Å². The van der Waals surface area contributed by atoms with Crippen molar-refractivity contribution in [2.24, 2.45) is 0 Å². The minimum atomic E-state index is -0.513. The monoisotopic (exact) mass is 265 g/mol. The molecule has 0 unspecified atom stereocenters. The van der Waals surface area contributed by atoms with Crippen molar-refractivity contribution in [2.45, 2.75) is 26.4 Å². The van der Waals surface area contributed by atoms with Crippen molar-refractivity contribution in [3.05, 3.63) is 23.9 Å². The Morgan fingerprint density at radius 3 is 2.84 bits per heavy atom. The Hall–Kier alpha value is -2.24. The third-order valence-electron chi connectivity index (χ3n) is 1.99. The molecular formula is C13H19N3O3. The molecule has 4 N–H and O–H groups in total. The van der Waals surface area contributed by atoms with Crippen LogP contribution in [0, 0.1) is 0 Å². The maximum Gasteiger partial charge on any atom is 0.407 e. The van der Waals surface area contributed by atoms with E-state index in [2.05, 4.69) is 10.3 Å². The number of hydrogen-bond acceptors (Lipinski definition) is 5. The number of rotatable bonds is 3. The molecule has 1 aromatic heterocycles. The Kier molecular flexibility index (Phi) is 4.74. The van der Waals surface area contributed by atoms with Gasteiger partial charge in [-0.25, -0.2) is 9.78 Å². The Morgan fingerprint density at radius 2 is 2.26 bits per heavy atom. The van der Waals surface area contributed by atoms with Gasteiger partial charge in [0, 0.05) is 12.7 Å². The van der Waals surface area contributed by atoms with Crippen LogP contribution in [-0.4, -0.2) is 28.3 Å². The van der Waals surface area contributed by atoms with Crippen LogP contribution in [0.15, 0.2) is 18.3 Å². The van der Waals surface area contributed by atoms with Crippen LogP contribution in [0.5, 0.6) is 5.75 Å².